The molecule has 0 unspecified atom stereocenters. The van der Waals surface area contributed by atoms with Gasteiger partial charge in [-0.05, 0) is 24.1 Å². The fourth-order valence-electron chi connectivity index (χ4n) is 3.42. The minimum atomic E-state index is -0.244. The van der Waals surface area contributed by atoms with Gasteiger partial charge in [0.1, 0.15) is 0 Å². The summed E-state index contributed by atoms with van der Waals surface area (Å²) in [6.07, 6.45) is 1.04. The molecule has 1 atom stereocenters. The average Bonchev–Trinajstić information content (AvgIpc) is 3.02. The van der Waals surface area contributed by atoms with Crippen LogP contribution in [0.4, 0.5) is 0 Å². The highest BCUT2D eigenvalue weighted by Gasteiger charge is 2.34. The standard InChI is InChI=1S/C19H26ClN3O3/c20-17-3-1-2-15(12-17)4-5-21-19(25)16-13-18(24)23(14-16)7-6-22-8-10-26-11-9-22/h1-3,12,16H,4-11,13-14H2,(H,21,25)/t16-/m0/s1. The van der Waals surface area contributed by atoms with E-state index in [9.17, 15) is 9.59 Å². The van der Waals surface area contributed by atoms with E-state index in [-0.39, 0.29) is 17.7 Å². The van der Waals surface area contributed by atoms with Crippen molar-refractivity contribution in [1.29, 1.82) is 0 Å². The number of hydrogen-bond donors (Lipinski definition) is 1. The van der Waals surface area contributed by atoms with Crippen LogP contribution in [0.1, 0.15) is 12.0 Å². The quantitative estimate of drug-likeness (QED) is 0.772. The summed E-state index contributed by atoms with van der Waals surface area (Å²) >= 11 is 5.97. The third-order valence-corrected chi connectivity index (χ3v) is 5.21. The summed E-state index contributed by atoms with van der Waals surface area (Å²) in [5, 5.41) is 3.65. The Morgan fingerprint density at radius 2 is 2.08 bits per heavy atom. The number of nitrogens with zero attached hydrogens (tertiary/aromatic N) is 2. The zero-order valence-electron chi connectivity index (χ0n) is 15.0. The molecule has 2 fully saturated rings. The maximum Gasteiger partial charge on any atom is 0.225 e. The second-order valence-electron chi connectivity index (χ2n) is 6.87. The molecule has 0 saturated carbocycles. The first kappa shape index (κ1) is 19.1. The normalized spacial score (nSPS) is 21.2. The number of morpholine rings is 1. The lowest BCUT2D eigenvalue weighted by Gasteiger charge is -2.28. The number of halogens is 1. The maximum atomic E-state index is 12.4. The second kappa shape index (κ2) is 9.35. The largest absolute Gasteiger partial charge is 0.379 e. The van der Waals surface area contributed by atoms with Crippen molar-refractivity contribution in [3.8, 4) is 0 Å². The molecule has 2 saturated heterocycles. The molecule has 26 heavy (non-hydrogen) atoms. The Kier molecular flexibility index (Phi) is 6.88. The number of benzene rings is 1. The second-order valence-corrected chi connectivity index (χ2v) is 7.30. The molecule has 2 aliphatic rings. The summed E-state index contributed by atoms with van der Waals surface area (Å²) in [5.41, 5.74) is 1.09. The number of carbonyl (C=O) groups excluding carboxylic acids is 2. The zero-order valence-corrected chi connectivity index (χ0v) is 15.7. The molecule has 0 radical (unpaired) electrons. The van der Waals surface area contributed by atoms with E-state index in [2.05, 4.69) is 10.2 Å². The monoisotopic (exact) mass is 379 g/mol. The van der Waals surface area contributed by atoms with Crippen LogP contribution in [0.5, 0.6) is 0 Å². The van der Waals surface area contributed by atoms with Crippen LogP contribution in [0, 0.1) is 5.92 Å². The number of ether oxygens (including phenoxy) is 1. The number of nitrogens with one attached hydrogen (secondary N) is 1. The van der Waals surface area contributed by atoms with E-state index in [0.717, 1.165) is 44.8 Å². The molecule has 2 heterocycles. The summed E-state index contributed by atoms with van der Waals surface area (Å²) in [7, 11) is 0. The van der Waals surface area contributed by atoms with Gasteiger partial charge in [-0.25, -0.2) is 0 Å². The maximum absolute atomic E-state index is 12.4. The van der Waals surface area contributed by atoms with E-state index >= 15 is 0 Å². The molecule has 7 heteroatoms. The highest BCUT2D eigenvalue weighted by molar-refractivity contribution is 6.30. The van der Waals surface area contributed by atoms with Crippen LogP contribution >= 0.6 is 11.6 Å². The fraction of sp³-hybridized carbons (Fsp3) is 0.579. The third kappa shape index (κ3) is 5.43. The van der Waals surface area contributed by atoms with Gasteiger partial charge in [-0.3, -0.25) is 14.5 Å². The van der Waals surface area contributed by atoms with Crippen LogP contribution < -0.4 is 5.32 Å². The first-order valence-electron chi connectivity index (χ1n) is 9.22. The molecule has 142 valence electrons. The topological polar surface area (TPSA) is 61.9 Å². The Hall–Kier alpha value is -1.63. The summed E-state index contributed by atoms with van der Waals surface area (Å²) in [4.78, 5) is 28.7. The minimum Gasteiger partial charge on any atom is -0.379 e. The van der Waals surface area contributed by atoms with E-state index in [1.807, 2.05) is 29.2 Å². The lowest BCUT2D eigenvalue weighted by Crippen LogP contribution is -2.42. The molecule has 1 aromatic carbocycles. The summed E-state index contributed by atoms with van der Waals surface area (Å²) in [5.74, 6) is -0.200. The smallest absolute Gasteiger partial charge is 0.225 e. The van der Waals surface area contributed by atoms with Crippen molar-refractivity contribution < 1.29 is 14.3 Å². The third-order valence-electron chi connectivity index (χ3n) is 4.98. The van der Waals surface area contributed by atoms with Crippen LogP contribution in [0.25, 0.3) is 0 Å². The van der Waals surface area contributed by atoms with Crippen molar-refractivity contribution in [1.82, 2.24) is 15.1 Å². The van der Waals surface area contributed by atoms with Crippen LogP contribution in [0.3, 0.4) is 0 Å². The summed E-state index contributed by atoms with van der Waals surface area (Å²) in [6, 6.07) is 7.63. The first-order valence-corrected chi connectivity index (χ1v) is 9.59. The Bertz CT molecular complexity index is 634. The molecule has 0 bridgehead atoms. The van der Waals surface area contributed by atoms with Gasteiger partial charge in [-0.1, -0.05) is 23.7 Å². The molecule has 1 N–H and O–H groups in total. The van der Waals surface area contributed by atoms with Crippen molar-refractivity contribution in [3.05, 3.63) is 34.9 Å². The number of hydrogen-bond acceptors (Lipinski definition) is 4. The molecule has 6 nitrogen and oxygen atoms in total. The Morgan fingerprint density at radius 1 is 1.27 bits per heavy atom. The van der Waals surface area contributed by atoms with Gasteiger partial charge in [-0.2, -0.15) is 0 Å². The van der Waals surface area contributed by atoms with Gasteiger partial charge in [0.25, 0.3) is 0 Å². The lowest BCUT2D eigenvalue weighted by atomic mass is 10.1. The number of rotatable bonds is 7. The predicted molar refractivity (Wildman–Crippen MR) is 100 cm³/mol. The van der Waals surface area contributed by atoms with E-state index in [1.165, 1.54) is 0 Å². The zero-order chi connectivity index (χ0) is 18.4. The first-order chi connectivity index (χ1) is 12.6. The van der Waals surface area contributed by atoms with Crippen molar-refractivity contribution in [3.63, 3.8) is 0 Å². The van der Waals surface area contributed by atoms with Crippen LogP contribution in [-0.2, 0) is 20.7 Å². The highest BCUT2D eigenvalue weighted by Crippen LogP contribution is 2.18. The number of amides is 2. The van der Waals surface area contributed by atoms with E-state index in [1.54, 1.807) is 0 Å². The lowest BCUT2D eigenvalue weighted by molar-refractivity contribution is -0.129. The SMILES string of the molecule is O=C(NCCc1cccc(Cl)c1)[C@H]1CC(=O)N(CCN2CCOCC2)C1. The number of likely N-dealkylation sites (tertiary alicyclic amines) is 1. The fourth-order valence-corrected chi connectivity index (χ4v) is 3.63. The highest BCUT2D eigenvalue weighted by atomic mass is 35.5. The molecule has 1 aromatic rings. The Balaban J connectivity index is 1.38. The van der Waals surface area contributed by atoms with Crippen molar-refractivity contribution in [2.45, 2.75) is 12.8 Å². The van der Waals surface area contributed by atoms with Crippen molar-refractivity contribution in [2.24, 2.45) is 5.92 Å². The molecule has 0 spiro atoms. The molecular weight excluding hydrogens is 354 g/mol. The van der Waals surface area contributed by atoms with Gasteiger partial charge in [0, 0.05) is 50.7 Å². The molecule has 0 aromatic heterocycles. The van der Waals surface area contributed by atoms with Gasteiger partial charge in [0.2, 0.25) is 11.8 Å². The molecule has 2 aliphatic heterocycles. The van der Waals surface area contributed by atoms with Crippen LogP contribution in [0.2, 0.25) is 5.02 Å². The minimum absolute atomic E-state index is 0.0331. The van der Waals surface area contributed by atoms with E-state index < -0.39 is 0 Å². The van der Waals surface area contributed by atoms with Gasteiger partial charge < -0.3 is 15.0 Å². The molecule has 0 aliphatic carbocycles. The molecule has 2 amide bonds. The molecular formula is C19H26ClN3O3. The summed E-state index contributed by atoms with van der Waals surface area (Å²) < 4.78 is 5.33. The van der Waals surface area contributed by atoms with Gasteiger partial charge in [0.05, 0.1) is 19.1 Å². The Morgan fingerprint density at radius 3 is 2.85 bits per heavy atom. The van der Waals surface area contributed by atoms with E-state index in [4.69, 9.17) is 16.3 Å². The summed E-state index contributed by atoms with van der Waals surface area (Å²) in [6.45, 7) is 5.94. The number of carbonyl (C=O) groups is 2. The Labute approximate surface area is 159 Å². The average molecular weight is 380 g/mol. The van der Waals surface area contributed by atoms with Crippen molar-refractivity contribution >= 4 is 23.4 Å². The van der Waals surface area contributed by atoms with E-state index in [0.29, 0.717) is 31.1 Å². The van der Waals surface area contributed by atoms with Crippen molar-refractivity contribution in [2.75, 3.05) is 52.5 Å². The van der Waals surface area contributed by atoms with Gasteiger partial charge in [-0.15, -0.1) is 0 Å². The molecule has 3 rings (SSSR count). The predicted octanol–water partition coefficient (Wildman–Crippen LogP) is 1.18. The van der Waals surface area contributed by atoms with Gasteiger partial charge in [0.15, 0.2) is 0 Å². The van der Waals surface area contributed by atoms with Crippen LogP contribution in [0.15, 0.2) is 24.3 Å². The van der Waals surface area contributed by atoms with Crippen LogP contribution in [-0.4, -0.2) is 74.1 Å². The van der Waals surface area contributed by atoms with Gasteiger partial charge >= 0.3 is 0 Å².